The van der Waals surface area contributed by atoms with E-state index in [1.54, 1.807) is 18.7 Å². The fraction of sp³-hybridized carbons (Fsp3) is 0.250. The molecule has 1 unspecified atom stereocenters. The summed E-state index contributed by atoms with van der Waals surface area (Å²) in [6, 6.07) is 17.8. The molecule has 2 nitrogen and oxygen atoms in total. The molecular formula is C16H18O2S. The Balaban J connectivity index is 1.78. The highest BCUT2D eigenvalue weighted by molar-refractivity contribution is 7.99. The minimum atomic E-state index is -0.416. The van der Waals surface area contributed by atoms with E-state index < -0.39 is 6.10 Å². The molecule has 0 aliphatic heterocycles. The average Bonchev–Trinajstić information content (AvgIpc) is 2.45. The molecule has 1 N–H and O–H groups in total. The number of hydrogen-bond acceptors (Lipinski definition) is 3. The van der Waals surface area contributed by atoms with E-state index in [-0.39, 0.29) is 0 Å². The van der Waals surface area contributed by atoms with Gasteiger partial charge in [-0.1, -0.05) is 30.3 Å². The Labute approximate surface area is 118 Å². The van der Waals surface area contributed by atoms with Gasteiger partial charge in [0.1, 0.15) is 5.75 Å². The molecule has 0 aliphatic rings. The summed E-state index contributed by atoms with van der Waals surface area (Å²) in [6.07, 6.45) is -0.416. The van der Waals surface area contributed by atoms with Gasteiger partial charge in [-0.05, 0) is 36.8 Å². The summed E-state index contributed by atoms with van der Waals surface area (Å²) in [5.74, 6) is 1.79. The number of thioether (sulfide) groups is 1. The zero-order chi connectivity index (χ0) is 13.5. The van der Waals surface area contributed by atoms with Crippen LogP contribution in [0.25, 0.3) is 0 Å². The quantitative estimate of drug-likeness (QED) is 0.639. The van der Waals surface area contributed by atoms with Crippen molar-refractivity contribution in [2.24, 2.45) is 0 Å². The fourth-order valence-electron chi connectivity index (χ4n) is 1.70. The molecule has 1 atom stereocenters. The molecule has 0 saturated heterocycles. The van der Waals surface area contributed by atoms with Crippen LogP contribution >= 0.6 is 11.8 Å². The number of aliphatic hydroxyl groups excluding tert-OH is 1. The number of hydrogen-bond donors (Lipinski definition) is 1. The first-order valence-electron chi connectivity index (χ1n) is 6.34. The molecule has 2 rings (SSSR count). The molecule has 2 aromatic carbocycles. The van der Waals surface area contributed by atoms with Gasteiger partial charge in [0.05, 0.1) is 12.7 Å². The molecule has 0 fully saturated rings. The van der Waals surface area contributed by atoms with Crippen LogP contribution < -0.4 is 4.74 Å². The molecule has 0 spiro atoms. The van der Waals surface area contributed by atoms with Gasteiger partial charge in [-0.3, -0.25) is 0 Å². The van der Waals surface area contributed by atoms with Crippen LogP contribution in [0.1, 0.15) is 18.6 Å². The second-order valence-corrected chi connectivity index (χ2v) is 5.43. The fourth-order valence-corrected chi connectivity index (χ4v) is 2.50. The van der Waals surface area contributed by atoms with Crippen molar-refractivity contribution in [3.05, 3.63) is 60.2 Å². The van der Waals surface area contributed by atoms with Crippen LogP contribution in [0.3, 0.4) is 0 Å². The van der Waals surface area contributed by atoms with Crippen molar-refractivity contribution in [2.75, 3.05) is 12.4 Å². The molecule has 0 aliphatic carbocycles. The van der Waals surface area contributed by atoms with Gasteiger partial charge in [-0.25, -0.2) is 0 Å². The van der Waals surface area contributed by atoms with Crippen LogP contribution in [0.2, 0.25) is 0 Å². The largest absolute Gasteiger partial charge is 0.493 e. The molecule has 0 heterocycles. The van der Waals surface area contributed by atoms with Gasteiger partial charge in [0.2, 0.25) is 0 Å². The maximum absolute atomic E-state index is 9.53. The van der Waals surface area contributed by atoms with Crippen molar-refractivity contribution in [3.8, 4) is 5.75 Å². The van der Waals surface area contributed by atoms with E-state index in [9.17, 15) is 5.11 Å². The van der Waals surface area contributed by atoms with Crippen molar-refractivity contribution < 1.29 is 9.84 Å². The summed E-state index contributed by atoms with van der Waals surface area (Å²) < 4.78 is 5.64. The molecule has 0 saturated carbocycles. The minimum Gasteiger partial charge on any atom is -0.493 e. The predicted octanol–water partition coefficient (Wildman–Crippen LogP) is 3.91. The van der Waals surface area contributed by atoms with Crippen LogP contribution in [-0.4, -0.2) is 17.5 Å². The van der Waals surface area contributed by atoms with Gasteiger partial charge in [0, 0.05) is 10.6 Å². The van der Waals surface area contributed by atoms with E-state index in [4.69, 9.17) is 4.74 Å². The second kappa shape index (κ2) is 7.22. The third kappa shape index (κ3) is 4.62. The lowest BCUT2D eigenvalue weighted by molar-refractivity contribution is 0.199. The third-order valence-electron chi connectivity index (χ3n) is 2.70. The smallest absolute Gasteiger partial charge is 0.119 e. The first-order valence-corrected chi connectivity index (χ1v) is 7.33. The van der Waals surface area contributed by atoms with E-state index in [1.807, 2.05) is 48.5 Å². The first kappa shape index (κ1) is 14.0. The Morgan fingerprint density at radius 2 is 1.89 bits per heavy atom. The van der Waals surface area contributed by atoms with Crippen LogP contribution in [0.15, 0.2) is 59.5 Å². The van der Waals surface area contributed by atoms with E-state index >= 15 is 0 Å². The first-order chi connectivity index (χ1) is 9.25. The second-order valence-electron chi connectivity index (χ2n) is 4.26. The maximum Gasteiger partial charge on any atom is 0.119 e. The normalized spacial score (nSPS) is 12.1. The topological polar surface area (TPSA) is 29.5 Å². The SMILES string of the molecule is CC(O)c1cccc(SCCOc2ccccc2)c1. The predicted molar refractivity (Wildman–Crippen MR) is 79.7 cm³/mol. The van der Waals surface area contributed by atoms with Crippen LogP contribution in [-0.2, 0) is 0 Å². The monoisotopic (exact) mass is 274 g/mol. The zero-order valence-corrected chi connectivity index (χ0v) is 11.8. The van der Waals surface area contributed by atoms with E-state index in [0.29, 0.717) is 6.61 Å². The molecule has 0 bridgehead atoms. The van der Waals surface area contributed by atoms with Crippen LogP contribution in [0.5, 0.6) is 5.75 Å². The minimum absolute atomic E-state index is 0.416. The number of rotatable bonds is 6. The van der Waals surface area contributed by atoms with Crippen molar-refractivity contribution in [3.63, 3.8) is 0 Å². The van der Waals surface area contributed by atoms with Crippen LogP contribution in [0, 0.1) is 0 Å². The summed E-state index contributed by atoms with van der Waals surface area (Å²) in [4.78, 5) is 1.16. The molecule has 100 valence electrons. The molecule has 3 heteroatoms. The lowest BCUT2D eigenvalue weighted by atomic mass is 10.1. The molecule has 0 amide bonds. The Kier molecular flexibility index (Phi) is 5.31. The third-order valence-corrected chi connectivity index (χ3v) is 3.66. The van der Waals surface area contributed by atoms with Crippen molar-refractivity contribution in [1.82, 2.24) is 0 Å². The van der Waals surface area contributed by atoms with Crippen molar-refractivity contribution in [2.45, 2.75) is 17.9 Å². The Bertz CT molecular complexity index is 497. The summed E-state index contributed by atoms with van der Waals surface area (Å²) in [7, 11) is 0. The Morgan fingerprint density at radius 1 is 1.11 bits per heavy atom. The molecule has 0 radical (unpaired) electrons. The molecule has 19 heavy (non-hydrogen) atoms. The van der Waals surface area contributed by atoms with Gasteiger partial charge in [0.15, 0.2) is 0 Å². The lowest BCUT2D eigenvalue weighted by Crippen LogP contribution is -1.99. The Morgan fingerprint density at radius 3 is 2.63 bits per heavy atom. The molecule has 0 aromatic heterocycles. The summed E-state index contributed by atoms with van der Waals surface area (Å²) in [5.41, 5.74) is 0.953. The van der Waals surface area contributed by atoms with E-state index in [2.05, 4.69) is 6.07 Å². The molecular weight excluding hydrogens is 256 g/mol. The van der Waals surface area contributed by atoms with Gasteiger partial charge in [-0.2, -0.15) is 0 Å². The zero-order valence-electron chi connectivity index (χ0n) is 11.0. The van der Waals surface area contributed by atoms with Gasteiger partial charge in [0.25, 0.3) is 0 Å². The average molecular weight is 274 g/mol. The van der Waals surface area contributed by atoms with E-state index in [1.165, 1.54) is 0 Å². The molecule has 2 aromatic rings. The van der Waals surface area contributed by atoms with Crippen LogP contribution in [0.4, 0.5) is 0 Å². The number of aliphatic hydroxyl groups is 1. The highest BCUT2D eigenvalue weighted by atomic mass is 32.2. The summed E-state index contributed by atoms with van der Waals surface area (Å²) in [5, 5.41) is 9.53. The number of para-hydroxylation sites is 1. The van der Waals surface area contributed by atoms with Gasteiger partial charge < -0.3 is 9.84 Å². The highest BCUT2D eigenvalue weighted by Crippen LogP contribution is 2.22. The lowest BCUT2D eigenvalue weighted by Gasteiger charge is -2.08. The van der Waals surface area contributed by atoms with Crippen molar-refractivity contribution >= 4 is 11.8 Å². The number of benzene rings is 2. The standard InChI is InChI=1S/C16H18O2S/c1-13(17)14-6-5-9-16(12-14)19-11-10-18-15-7-3-2-4-8-15/h2-9,12-13,17H,10-11H2,1H3. The van der Waals surface area contributed by atoms with Gasteiger partial charge >= 0.3 is 0 Å². The van der Waals surface area contributed by atoms with Gasteiger partial charge in [-0.15, -0.1) is 11.8 Å². The number of ether oxygens (including phenoxy) is 1. The summed E-state index contributed by atoms with van der Waals surface area (Å²) >= 11 is 1.74. The maximum atomic E-state index is 9.53. The summed E-state index contributed by atoms with van der Waals surface area (Å²) in [6.45, 7) is 2.45. The Hall–Kier alpha value is -1.45. The van der Waals surface area contributed by atoms with Crippen molar-refractivity contribution in [1.29, 1.82) is 0 Å². The highest BCUT2D eigenvalue weighted by Gasteiger charge is 2.02. The van der Waals surface area contributed by atoms with E-state index in [0.717, 1.165) is 22.0 Å².